The van der Waals surface area contributed by atoms with Gasteiger partial charge in [-0.3, -0.25) is 0 Å². The summed E-state index contributed by atoms with van der Waals surface area (Å²) in [6.45, 7) is 26.5. The van der Waals surface area contributed by atoms with Gasteiger partial charge in [0.1, 0.15) is 22.3 Å². The lowest BCUT2D eigenvalue weighted by Gasteiger charge is -2.44. The molecule has 2 aliphatic carbocycles. The van der Waals surface area contributed by atoms with Crippen LogP contribution in [0.3, 0.4) is 0 Å². The van der Waals surface area contributed by atoms with Crippen LogP contribution in [0, 0.1) is 6.92 Å². The second-order valence-electron chi connectivity index (χ2n) is 23.8. The number of para-hydroxylation sites is 3. The first-order valence-electron chi connectivity index (χ1n) is 24.7. The molecule has 1 N–H and O–H groups in total. The number of fused-ring (bicyclic) bond motifs is 13. The van der Waals surface area contributed by atoms with Crippen molar-refractivity contribution in [2.45, 2.75) is 129 Å². The first kappa shape index (κ1) is 41.0. The van der Waals surface area contributed by atoms with Gasteiger partial charge in [0.15, 0.2) is 7.28 Å². The highest BCUT2D eigenvalue weighted by Gasteiger charge is 2.42. The zero-order chi connectivity index (χ0) is 46.3. The third kappa shape index (κ3) is 5.67. The fraction of sp³-hybridized carbons (Fsp3) is 0.323. The highest BCUT2D eigenvalue weighted by atomic mass is 16.3. The number of furan rings is 2. The van der Waals surface area contributed by atoms with Crippen molar-refractivity contribution >= 4 is 90.5 Å². The van der Waals surface area contributed by atoms with Gasteiger partial charge in [-0.2, -0.15) is 0 Å². The lowest BCUT2D eigenvalue weighted by Crippen LogP contribution is -2.41. The molecule has 2 aromatic heterocycles. The molecule has 0 fully saturated rings. The van der Waals surface area contributed by atoms with E-state index in [1.165, 1.54) is 61.9 Å². The van der Waals surface area contributed by atoms with Crippen LogP contribution in [0.5, 0.6) is 0 Å². The zero-order valence-electron chi connectivity index (χ0n) is 41.1. The van der Waals surface area contributed by atoms with Crippen LogP contribution >= 0.6 is 0 Å². The number of hydrogen-bond acceptors (Lipinski definition) is 4. The smallest absolute Gasteiger partial charge is 0.198 e. The van der Waals surface area contributed by atoms with Crippen molar-refractivity contribution < 1.29 is 8.83 Å². The SMILES string of the molecule is Cc1cc2c(cc1N1c3cc4c(cc3[B]c3c(-c5cccc6c5Nc5ccccc5C6(C)C)cc5oc6ccccc6c5c31)oc1cc3c(cc14)C(C)(C)CCC3(C)C)C(C)(C)CCC2(C)C. The van der Waals surface area contributed by atoms with Gasteiger partial charge >= 0.3 is 0 Å². The van der Waals surface area contributed by atoms with E-state index in [1.807, 2.05) is 0 Å². The van der Waals surface area contributed by atoms with Gasteiger partial charge in [-0.25, -0.2) is 0 Å². The fourth-order valence-corrected chi connectivity index (χ4v) is 13.0. The van der Waals surface area contributed by atoms with Crippen molar-refractivity contribution in [2.24, 2.45) is 0 Å². The molecule has 0 amide bonds. The summed E-state index contributed by atoms with van der Waals surface area (Å²) in [5.41, 5.74) is 23.7. The molecule has 2 aliphatic heterocycles. The molecule has 67 heavy (non-hydrogen) atoms. The molecule has 13 rings (SSSR count). The summed E-state index contributed by atoms with van der Waals surface area (Å²) in [5.74, 6) is 0. The standard InChI is InChI=1S/C62H60BN2O2/c1-34-27-42-44(60(6,7)25-23-58(42,2)3)31-48(34)65-49-29-38-37-28-43-45(61(8,9)26-24-59(43,4)5)32-51(37)67-52(38)33-46(49)63-55-39(30-53-54(57(55)65)36-17-12-15-22-50(36)66-53)35-18-16-20-41-56(35)64-47-21-14-13-19-40(47)62(41,10)11/h12-22,27-33,64H,23-26H2,1-11H3. The van der Waals surface area contributed by atoms with Crippen LogP contribution in [-0.2, 0) is 27.1 Å². The van der Waals surface area contributed by atoms with Crippen molar-refractivity contribution in [3.8, 4) is 11.1 Å². The molecule has 4 aliphatic rings. The summed E-state index contributed by atoms with van der Waals surface area (Å²) in [6, 6.07) is 41.3. The van der Waals surface area contributed by atoms with E-state index in [0.717, 1.165) is 97.1 Å². The highest BCUT2D eigenvalue weighted by molar-refractivity contribution is 6.74. The molecule has 0 spiro atoms. The Morgan fingerprint density at radius 3 is 1.84 bits per heavy atom. The van der Waals surface area contributed by atoms with Crippen molar-refractivity contribution in [2.75, 3.05) is 10.2 Å². The van der Waals surface area contributed by atoms with Gasteiger partial charge in [-0.15, -0.1) is 0 Å². The van der Waals surface area contributed by atoms with Gasteiger partial charge in [0, 0.05) is 44.2 Å². The average Bonchev–Trinajstić information content (AvgIpc) is 3.84. The Kier molecular flexibility index (Phi) is 8.13. The summed E-state index contributed by atoms with van der Waals surface area (Å²) in [7, 11) is 2.45. The zero-order valence-corrected chi connectivity index (χ0v) is 41.1. The minimum absolute atomic E-state index is 0.0165. The van der Waals surface area contributed by atoms with E-state index in [9.17, 15) is 0 Å². The minimum atomic E-state index is -0.212. The van der Waals surface area contributed by atoms with Gasteiger partial charge in [0.2, 0.25) is 0 Å². The van der Waals surface area contributed by atoms with Crippen molar-refractivity contribution in [1.29, 1.82) is 0 Å². The predicted octanol–water partition coefficient (Wildman–Crippen LogP) is 16.0. The number of aryl methyl sites for hydroxylation is 1. The van der Waals surface area contributed by atoms with Gasteiger partial charge in [0.05, 0.1) is 16.8 Å². The fourth-order valence-electron chi connectivity index (χ4n) is 13.0. The summed E-state index contributed by atoms with van der Waals surface area (Å²) in [4.78, 5) is 2.62. The molecule has 0 saturated carbocycles. The van der Waals surface area contributed by atoms with Crippen LogP contribution in [0.1, 0.15) is 134 Å². The molecule has 7 aromatic carbocycles. The maximum absolute atomic E-state index is 7.02. The third-order valence-electron chi connectivity index (χ3n) is 17.3. The van der Waals surface area contributed by atoms with E-state index >= 15 is 0 Å². The van der Waals surface area contributed by atoms with Crippen molar-refractivity contribution in [1.82, 2.24) is 0 Å². The predicted molar refractivity (Wildman–Crippen MR) is 283 cm³/mol. The Bertz CT molecular complexity index is 3650. The largest absolute Gasteiger partial charge is 0.456 e. The Morgan fingerprint density at radius 2 is 1.09 bits per heavy atom. The molecule has 333 valence electrons. The van der Waals surface area contributed by atoms with Crippen molar-refractivity contribution in [3.63, 3.8) is 0 Å². The van der Waals surface area contributed by atoms with Crippen LogP contribution in [-0.4, -0.2) is 7.28 Å². The third-order valence-corrected chi connectivity index (χ3v) is 17.3. The molecule has 5 heteroatoms. The first-order chi connectivity index (χ1) is 31.8. The molecule has 0 atom stereocenters. The lowest BCUT2D eigenvalue weighted by molar-refractivity contribution is 0.332. The van der Waals surface area contributed by atoms with Gasteiger partial charge in [0.25, 0.3) is 0 Å². The normalized spacial score (nSPS) is 18.9. The van der Waals surface area contributed by atoms with Gasteiger partial charge in [-0.1, -0.05) is 135 Å². The number of hydrogen-bond donors (Lipinski definition) is 1. The summed E-state index contributed by atoms with van der Waals surface area (Å²) in [6.07, 6.45) is 4.63. The number of anilines is 5. The molecular formula is C62H60BN2O2. The van der Waals surface area contributed by atoms with Crippen LogP contribution < -0.4 is 21.1 Å². The summed E-state index contributed by atoms with van der Waals surface area (Å²) >= 11 is 0. The van der Waals surface area contributed by atoms with Crippen LogP contribution in [0.4, 0.5) is 28.4 Å². The number of benzene rings is 7. The molecular weight excluding hydrogens is 816 g/mol. The molecule has 1 radical (unpaired) electrons. The number of rotatable bonds is 2. The lowest BCUT2D eigenvalue weighted by atomic mass is 9.57. The van der Waals surface area contributed by atoms with E-state index < -0.39 is 0 Å². The van der Waals surface area contributed by atoms with Crippen LogP contribution in [0.25, 0.3) is 55.0 Å². The van der Waals surface area contributed by atoms with E-state index in [1.54, 1.807) is 0 Å². The van der Waals surface area contributed by atoms with Gasteiger partial charge < -0.3 is 19.1 Å². The van der Waals surface area contributed by atoms with Crippen molar-refractivity contribution in [3.05, 3.63) is 148 Å². The monoisotopic (exact) mass is 875 g/mol. The number of nitrogens with zero attached hydrogens (tertiary/aromatic N) is 1. The second-order valence-corrected chi connectivity index (χ2v) is 23.8. The highest BCUT2D eigenvalue weighted by Crippen LogP contribution is 2.55. The van der Waals surface area contributed by atoms with E-state index in [-0.39, 0.29) is 27.1 Å². The molecule has 4 nitrogen and oxygen atoms in total. The Balaban J connectivity index is 1.15. The second kappa shape index (κ2) is 13.3. The summed E-state index contributed by atoms with van der Waals surface area (Å²) in [5, 5.41) is 8.56. The average molecular weight is 876 g/mol. The van der Waals surface area contributed by atoms with Crippen LogP contribution in [0.2, 0.25) is 0 Å². The van der Waals surface area contributed by atoms with Gasteiger partial charge in [-0.05, 0) is 153 Å². The molecule has 9 aromatic rings. The van der Waals surface area contributed by atoms with E-state index in [4.69, 9.17) is 8.83 Å². The quantitative estimate of drug-likeness (QED) is 0.176. The van der Waals surface area contributed by atoms with Crippen LogP contribution in [0.15, 0.2) is 118 Å². The maximum Gasteiger partial charge on any atom is 0.198 e. The maximum atomic E-state index is 7.02. The Hall–Kier alpha value is -6.20. The molecule has 0 bridgehead atoms. The Morgan fingerprint density at radius 1 is 0.493 bits per heavy atom. The minimum Gasteiger partial charge on any atom is -0.456 e. The Labute approximate surface area is 396 Å². The van der Waals surface area contributed by atoms with E-state index in [0.29, 0.717) is 0 Å². The topological polar surface area (TPSA) is 41.5 Å². The molecule has 0 saturated heterocycles. The van der Waals surface area contributed by atoms with E-state index in [2.05, 4.69) is 203 Å². The summed E-state index contributed by atoms with van der Waals surface area (Å²) < 4.78 is 14.0. The molecule has 0 unspecified atom stereocenters. The molecule has 4 heterocycles. The first-order valence-corrected chi connectivity index (χ1v) is 24.7. The number of nitrogens with one attached hydrogen (secondary N) is 1.